The van der Waals surface area contributed by atoms with Gasteiger partial charge in [0.1, 0.15) is 5.82 Å². The van der Waals surface area contributed by atoms with E-state index in [0.29, 0.717) is 10.7 Å². The Kier molecular flexibility index (Phi) is 5.88. The lowest BCUT2D eigenvalue weighted by atomic mass is 10.2. The molecule has 144 valence electrons. The summed E-state index contributed by atoms with van der Waals surface area (Å²) in [6, 6.07) is 15.0. The van der Waals surface area contributed by atoms with Crippen molar-refractivity contribution in [3.8, 4) is 0 Å². The van der Waals surface area contributed by atoms with E-state index >= 15 is 0 Å². The van der Waals surface area contributed by atoms with Gasteiger partial charge >= 0.3 is 0 Å². The van der Waals surface area contributed by atoms with E-state index < -0.39 is 21.7 Å². The highest BCUT2D eigenvalue weighted by molar-refractivity contribution is 7.92. The van der Waals surface area contributed by atoms with Crippen LogP contribution >= 0.6 is 23.2 Å². The maximum Gasteiger partial charge on any atom is 0.261 e. The molecule has 0 bridgehead atoms. The van der Waals surface area contributed by atoms with Gasteiger partial charge in [0.25, 0.3) is 15.9 Å². The maximum atomic E-state index is 13.0. The molecule has 0 spiro atoms. The first-order valence-electron chi connectivity index (χ1n) is 7.89. The minimum atomic E-state index is -3.94. The van der Waals surface area contributed by atoms with E-state index in [4.69, 9.17) is 23.2 Å². The predicted octanol–water partition coefficient (Wildman–Crippen LogP) is 5.19. The lowest BCUT2D eigenvalue weighted by Crippen LogP contribution is -2.15. The van der Waals surface area contributed by atoms with Gasteiger partial charge in [-0.15, -0.1) is 0 Å². The van der Waals surface area contributed by atoms with E-state index in [1.54, 1.807) is 18.2 Å². The molecule has 2 N–H and O–H groups in total. The van der Waals surface area contributed by atoms with E-state index in [1.807, 2.05) is 0 Å². The molecule has 0 aliphatic heterocycles. The van der Waals surface area contributed by atoms with E-state index in [0.717, 1.165) is 12.1 Å². The highest BCUT2D eigenvalue weighted by Crippen LogP contribution is 2.27. The quantitative estimate of drug-likeness (QED) is 0.575. The molecule has 28 heavy (non-hydrogen) atoms. The number of carbonyl (C=O) groups excluding carboxylic acids is 1. The summed E-state index contributed by atoms with van der Waals surface area (Å²) in [5.74, 6) is -1.03. The molecule has 1 amide bonds. The van der Waals surface area contributed by atoms with Gasteiger partial charge in [0.2, 0.25) is 0 Å². The third kappa shape index (κ3) is 4.81. The highest BCUT2D eigenvalue weighted by Gasteiger charge is 2.17. The van der Waals surface area contributed by atoms with E-state index in [2.05, 4.69) is 10.0 Å². The van der Waals surface area contributed by atoms with Crippen molar-refractivity contribution in [2.24, 2.45) is 0 Å². The zero-order chi connectivity index (χ0) is 20.3. The second-order valence-corrected chi connectivity index (χ2v) is 8.24. The Labute approximate surface area is 171 Å². The molecule has 0 aliphatic rings. The Balaban J connectivity index is 1.86. The Morgan fingerprint density at radius 3 is 2.32 bits per heavy atom. The highest BCUT2D eigenvalue weighted by atomic mass is 35.5. The third-order valence-electron chi connectivity index (χ3n) is 3.68. The van der Waals surface area contributed by atoms with Gasteiger partial charge in [0, 0.05) is 10.6 Å². The van der Waals surface area contributed by atoms with Crippen LogP contribution in [0.1, 0.15) is 10.4 Å². The lowest BCUT2D eigenvalue weighted by molar-refractivity contribution is 0.102. The van der Waals surface area contributed by atoms with Gasteiger partial charge in [-0.25, -0.2) is 12.8 Å². The average molecular weight is 439 g/mol. The number of anilines is 2. The fourth-order valence-corrected chi connectivity index (χ4v) is 3.76. The second kappa shape index (κ2) is 8.18. The van der Waals surface area contributed by atoms with Crippen LogP contribution in [-0.4, -0.2) is 14.3 Å². The molecule has 3 rings (SSSR count). The molecule has 0 aliphatic carbocycles. The van der Waals surface area contributed by atoms with Crippen LogP contribution in [0.15, 0.2) is 71.6 Å². The van der Waals surface area contributed by atoms with Gasteiger partial charge in [0.15, 0.2) is 0 Å². The number of nitrogens with one attached hydrogen (secondary N) is 2. The molecular formula is C19H13Cl2FN2O3S. The van der Waals surface area contributed by atoms with Crippen LogP contribution in [0.2, 0.25) is 10.0 Å². The molecule has 0 heterocycles. The Bertz CT molecular complexity index is 1140. The van der Waals surface area contributed by atoms with Crippen molar-refractivity contribution in [3.05, 3.63) is 88.2 Å². The number of hydrogen-bond acceptors (Lipinski definition) is 3. The number of carbonyl (C=O) groups is 1. The monoisotopic (exact) mass is 438 g/mol. The van der Waals surface area contributed by atoms with E-state index in [-0.39, 0.29) is 21.2 Å². The summed E-state index contributed by atoms with van der Waals surface area (Å²) in [6.45, 7) is 0. The van der Waals surface area contributed by atoms with Crippen molar-refractivity contribution in [3.63, 3.8) is 0 Å². The van der Waals surface area contributed by atoms with Crippen LogP contribution in [-0.2, 0) is 10.0 Å². The fraction of sp³-hybridized carbons (Fsp3) is 0. The number of benzene rings is 3. The van der Waals surface area contributed by atoms with Crippen molar-refractivity contribution in [2.75, 3.05) is 10.0 Å². The lowest BCUT2D eigenvalue weighted by Gasteiger charge is -2.12. The molecule has 0 radical (unpaired) electrons. The molecule has 3 aromatic rings. The molecule has 9 heteroatoms. The Morgan fingerprint density at radius 2 is 1.64 bits per heavy atom. The normalized spacial score (nSPS) is 11.1. The smallest absolute Gasteiger partial charge is 0.261 e. The van der Waals surface area contributed by atoms with Crippen LogP contribution in [0.3, 0.4) is 0 Å². The molecule has 3 aromatic carbocycles. The molecule has 0 aromatic heterocycles. The van der Waals surface area contributed by atoms with Crippen molar-refractivity contribution < 1.29 is 17.6 Å². The summed E-state index contributed by atoms with van der Waals surface area (Å²) in [5, 5.41) is 3.05. The predicted molar refractivity (Wildman–Crippen MR) is 108 cm³/mol. The summed E-state index contributed by atoms with van der Waals surface area (Å²) in [4.78, 5) is 12.2. The van der Waals surface area contributed by atoms with E-state index in [1.165, 1.54) is 36.4 Å². The molecule has 0 saturated heterocycles. The summed E-state index contributed by atoms with van der Waals surface area (Å²) in [7, 11) is -3.94. The molecule has 5 nitrogen and oxygen atoms in total. The zero-order valence-electron chi connectivity index (χ0n) is 14.1. The SMILES string of the molecule is O=C(Nc1cc(S(=O)(=O)Nc2cccc(Cl)c2)ccc1Cl)c1ccc(F)cc1. The van der Waals surface area contributed by atoms with Crippen LogP contribution in [0, 0.1) is 5.82 Å². The topological polar surface area (TPSA) is 75.3 Å². The molecule has 0 unspecified atom stereocenters. The maximum absolute atomic E-state index is 13.0. The van der Waals surface area contributed by atoms with Gasteiger partial charge in [0.05, 0.1) is 21.3 Å². The van der Waals surface area contributed by atoms with Crippen LogP contribution in [0.25, 0.3) is 0 Å². The average Bonchev–Trinajstić information content (AvgIpc) is 2.63. The minimum Gasteiger partial charge on any atom is -0.321 e. The number of hydrogen-bond donors (Lipinski definition) is 2. The van der Waals surface area contributed by atoms with Gasteiger partial charge in [-0.2, -0.15) is 0 Å². The first-order chi connectivity index (χ1) is 13.2. The zero-order valence-corrected chi connectivity index (χ0v) is 16.4. The number of amides is 1. The van der Waals surface area contributed by atoms with Crippen LogP contribution < -0.4 is 10.0 Å². The number of rotatable bonds is 5. The molecule has 0 fully saturated rings. The molecule has 0 atom stereocenters. The standard InChI is InChI=1S/C19H13Cl2FN2O3S/c20-13-2-1-3-15(10-13)24-28(26,27)16-8-9-17(21)18(11-16)23-19(25)12-4-6-14(22)7-5-12/h1-11,24H,(H,23,25). The number of halogens is 3. The second-order valence-electron chi connectivity index (χ2n) is 5.72. The largest absolute Gasteiger partial charge is 0.321 e. The van der Waals surface area contributed by atoms with Crippen molar-refractivity contribution in [1.82, 2.24) is 0 Å². The first kappa shape index (κ1) is 20.1. The summed E-state index contributed by atoms with van der Waals surface area (Å²) in [6.07, 6.45) is 0. The number of sulfonamides is 1. The summed E-state index contributed by atoms with van der Waals surface area (Å²) >= 11 is 11.9. The first-order valence-corrected chi connectivity index (χ1v) is 10.1. The summed E-state index contributed by atoms with van der Waals surface area (Å²) in [5.41, 5.74) is 0.590. The van der Waals surface area contributed by atoms with Crippen molar-refractivity contribution >= 4 is 50.5 Å². The summed E-state index contributed by atoms with van der Waals surface area (Å²) < 4.78 is 40.6. The van der Waals surface area contributed by atoms with Crippen LogP contribution in [0.5, 0.6) is 0 Å². The molecule has 0 saturated carbocycles. The Hall–Kier alpha value is -2.61. The van der Waals surface area contributed by atoms with Gasteiger partial charge in [-0.05, 0) is 60.7 Å². The third-order valence-corrected chi connectivity index (χ3v) is 5.62. The van der Waals surface area contributed by atoms with Crippen molar-refractivity contribution in [2.45, 2.75) is 4.90 Å². The van der Waals surface area contributed by atoms with E-state index in [9.17, 15) is 17.6 Å². The molecular weight excluding hydrogens is 426 g/mol. The van der Waals surface area contributed by atoms with Crippen LogP contribution in [0.4, 0.5) is 15.8 Å². The minimum absolute atomic E-state index is 0.102. The van der Waals surface area contributed by atoms with Gasteiger partial charge in [-0.3, -0.25) is 9.52 Å². The fourth-order valence-electron chi connectivity index (χ4n) is 2.33. The van der Waals surface area contributed by atoms with Crippen molar-refractivity contribution in [1.29, 1.82) is 0 Å². The Morgan fingerprint density at radius 1 is 0.929 bits per heavy atom. The van der Waals surface area contributed by atoms with Gasteiger partial charge in [-0.1, -0.05) is 29.3 Å². The van der Waals surface area contributed by atoms with Gasteiger partial charge < -0.3 is 5.32 Å².